The van der Waals surface area contributed by atoms with Crippen LogP contribution in [-0.2, 0) is 10.0 Å². The highest BCUT2D eigenvalue weighted by molar-refractivity contribution is 7.89. The van der Waals surface area contributed by atoms with Crippen LogP contribution in [0.15, 0.2) is 35.5 Å². The third-order valence-corrected chi connectivity index (χ3v) is 6.24. The summed E-state index contributed by atoms with van der Waals surface area (Å²) in [6.45, 7) is 4.78. The molecule has 0 radical (unpaired) electrons. The molecule has 7 heteroatoms. The molecule has 0 amide bonds. The van der Waals surface area contributed by atoms with E-state index in [1.165, 1.54) is 0 Å². The van der Waals surface area contributed by atoms with Gasteiger partial charge in [-0.2, -0.15) is 4.31 Å². The van der Waals surface area contributed by atoms with E-state index < -0.39 is 10.0 Å². The molecule has 118 valence electrons. The lowest BCUT2D eigenvalue weighted by atomic mass is 10.1. The molecule has 1 saturated heterocycles. The fraction of sp³-hybridized carbons (Fsp3) is 0.467. The van der Waals surface area contributed by atoms with Gasteiger partial charge < -0.3 is 0 Å². The average Bonchev–Trinajstić information content (AvgIpc) is 3.04. The van der Waals surface area contributed by atoms with E-state index >= 15 is 0 Å². The summed E-state index contributed by atoms with van der Waals surface area (Å²) < 4.78 is 29.1. The number of aromatic nitrogens is 3. The monoisotopic (exact) mass is 320 g/mol. The second kappa shape index (κ2) is 5.81. The highest BCUT2D eigenvalue weighted by atomic mass is 32.2. The molecule has 1 aromatic heterocycles. The van der Waals surface area contributed by atoms with E-state index in [2.05, 4.69) is 10.3 Å². The van der Waals surface area contributed by atoms with Crippen LogP contribution in [0.2, 0.25) is 0 Å². The Morgan fingerprint density at radius 3 is 2.55 bits per heavy atom. The van der Waals surface area contributed by atoms with Crippen molar-refractivity contribution in [3.05, 3.63) is 41.7 Å². The summed E-state index contributed by atoms with van der Waals surface area (Å²) in [6.07, 6.45) is 5.00. The van der Waals surface area contributed by atoms with Gasteiger partial charge >= 0.3 is 0 Å². The Morgan fingerprint density at radius 2 is 1.91 bits per heavy atom. The van der Waals surface area contributed by atoms with Crippen molar-refractivity contribution in [1.29, 1.82) is 0 Å². The van der Waals surface area contributed by atoms with E-state index in [1.807, 2.05) is 36.9 Å². The maximum Gasteiger partial charge on any atom is 0.243 e. The van der Waals surface area contributed by atoms with Crippen LogP contribution in [0.5, 0.6) is 0 Å². The number of nitrogens with zero attached hydrogens (tertiary/aromatic N) is 4. The predicted octanol–water partition coefficient (Wildman–Crippen LogP) is 1.92. The Morgan fingerprint density at radius 1 is 1.18 bits per heavy atom. The van der Waals surface area contributed by atoms with Crippen LogP contribution in [0.4, 0.5) is 0 Å². The van der Waals surface area contributed by atoms with Crippen LogP contribution in [0.1, 0.15) is 30.0 Å². The molecule has 0 atom stereocenters. The molecule has 0 bridgehead atoms. The van der Waals surface area contributed by atoms with Crippen LogP contribution in [0, 0.1) is 13.8 Å². The summed E-state index contributed by atoms with van der Waals surface area (Å²) in [5.41, 5.74) is 1.76. The van der Waals surface area contributed by atoms with E-state index in [4.69, 9.17) is 0 Å². The minimum atomic E-state index is -3.42. The van der Waals surface area contributed by atoms with E-state index in [0.717, 1.165) is 24.0 Å². The smallest absolute Gasteiger partial charge is 0.243 e. The van der Waals surface area contributed by atoms with Gasteiger partial charge in [-0.3, -0.25) is 0 Å². The van der Waals surface area contributed by atoms with Crippen molar-refractivity contribution >= 4 is 10.0 Å². The fourth-order valence-corrected chi connectivity index (χ4v) is 4.66. The van der Waals surface area contributed by atoms with Crippen molar-refractivity contribution in [3.8, 4) is 0 Å². The summed E-state index contributed by atoms with van der Waals surface area (Å²) in [5.74, 6) is 0. The van der Waals surface area contributed by atoms with Crippen molar-refractivity contribution in [3.63, 3.8) is 0 Å². The predicted molar refractivity (Wildman–Crippen MR) is 83.0 cm³/mol. The molecule has 6 nitrogen and oxygen atoms in total. The van der Waals surface area contributed by atoms with Gasteiger partial charge in [-0.05, 0) is 43.9 Å². The molecule has 1 fully saturated rings. The van der Waals surface area contributed by atoms with Gasteiger partial charge in [-0.1, -0.05) is 17.3 Å². The quantitative estimate of drug-likeness (QED) is 0.866. The maximum absolute atomic E-state index is 12.8. The van der Waals surface area contributed by atoms with E-state index in [0.29, 0.717) is 18.0 Å². The Hall–Kier alpha value is -1.73. The van der Waals surface area contributed by atoms with Gasteiger partial charge in [0.1, 0.15) is 0 Å². The van der Waals surface area contributed by atoms with E-state index in [-0.39, 0.29) is 6.04 Å². The van der Waals surface area contributed by atoms with Crippen molar-refractivity contribution < 1.29 is 8.42 Å². The highest BCUT2D eigenvalue weighted by Gasteiger charge is 2.31. The summed E-state index contributed by atoms with van der Waals surface area (Å²) in [5, 5.41) is 7.82. The molecule has 22 heavy (non-hydrogen) atoms. The van der Waals surface area contributed by atoms with Gasteiger partial charge in [-0.15, -0.1) is 5.10 Å². The SMILES string of the molecule is Cc1ccc(C)c(S(=O)(=O)N2CCC(n3ccnn3)CC2)c1. The van der Waals surface area contributed by atoms with Gasteiger partial charge in [0.05, 0.1) is 17.1 Å². The van der Waals surface area contributed by atoms with E-state index in [9.17, 15) is 8.42 Å². The Kier molecular flexibility index (Phi) is 4.01. The number of aryl methyl sites for hydroxylation is 2. The third-order valence-electron chi connectivity index (χ3n) is 4.20. The Balaban J connectivity index is 1.79. The fourth-order valence-electron chi connectivity index (χ4n) is 2.88. The normalized spacial score (nSPS) is 17.7. The van der Waals surface area contributed by atoms with Crippen LogP contribution in [-0.4, -0.2) is 40.8 Å². The van der Waals surface area contributed by atoms with Gasteiger partial charge in [0.25, 0.3) is 0 Å². The van der Waals surface area contributed by atoms with Crippen molar-refractivity contribution in [1.82, 2.24) is 19.3 Å². The Labute approximate surface area is 130 Å². The standard InChI is InChI=1S/C15H20N4O2S/c1-12-3-4-13(2)15(11-12)22(20,21)18-8-5-14(6-9-18)19-10-7-16-17-19/h3-4,7,10-11,14H,5-6,8-9H2,1-2H3. The molecule has 0 N–H and O–H groups in total. The number of hydrogen-bond acceptors (Lipinski definition) is 4. The molecule has 0 spiro atoms. The topological polar surface area (TPSA) is 68.1 Å². The summed E-state index contributed by atoms with van der Waals surface area (Å²) in [4.78, 5) is 0.423. The van der Waals surface area contributed by atoms with Crippen LogP contribution < -0.4 is 0 Å². The first-order chi connectivity index (χ1) is 10.5. The first kappa shape index (κ1) is 15.2. The van der Waals surface area contributed by atoms with Crippen LogP contribution in [0.3, 0.4) is 0 Å². The first-order valence-corrected chi connectivity index (χ1v) is 8.86. The summed E-state index contributed by atoms with van der Waals surface area (Å²) in [6, 6.07) is 5.79. The maximum atomic E-state index is 12.8. The van der Waals surface area contributed by atoms with Gasteiger partial charge in [0.2, 0.25) is 10.0 Å². The zero-order valence-electron chi connectivity index (χ0n) is 12.8. The lowest BCUT2D eigenvalue weighted by Crippen LogP contribution is -2.39. The molecule has 3 rings (SSSR count). The number of rotatable bonds is 3. The number of hydrogen-bond donors (Lipinski definition) is 0. The number of piperidine rings is 1. The molecule has 1 aliphatic rings. The molecule has 2 aromatic rings. The van der Waals surface area contributed by atoms with Gasteiger partial charge in [-0.25, -0.2) is 13.1 Å². The van der Waals surface area contributed by atoms with Crippen LogP contribution in [0.25, 0.3) is 0 Å². The van der Waals surface area contributed by atoms with Crippen LogP contribution >= 0.6 is 0 Å². The zero-order valence-corrected chi connectivity index (χ0v) is 13.6. The second-order valence-corrected chi connectivity index (χ2v) is 7.69. The largest absolute Gasteiger partial charge is 0.249 e. The van der Waals surface area contributed by atoms with Gasteiger partial charge in [0, 0.05) is 19.3 Å². The molecular weight excluding hydrogens is 300 g/mol. The molecule has 1 aromatic carbocycles. The number of benzene rings is 1. The average molecular weight is 320 g/mol. The van der Waals surface area contributed by atoms with Crippen molar-refractivity contribution in [2.24, 2.45) is 0 Å². The highest BCUT2D eigenvalue weighted by Crippen LogP contribution is 2.27. The lowest BCUT2D eigenvalue weighted by molar-refractivity contribution is 0.258. The summed E-state index contributed by atoms with van der Waals surface area (Å²) in [7, 11) is -3.42. The molecule has 0 saturated carbocycles. The summed E-state index contributed by atoms with van der Waals surface area (Å²) >= 11 is 0. The zero-order chi connectivity index (χ0) is 15.7. The molecule has 0 unspecified atom stereocenters. The molecule has 0 aliphatic carbocycles. The molecule has 2 heterocycles. The third kappa shape index (κ3) is 2.78. The number of sulfonamides is 1. The molecular formula is C15H20N4O2S. The minimum absolute atomic E-state index is 0.229. The van der Waals surface area contributed by atoms with Gasteiger partial charge in [0.15, 0.2) is 0 Å². The second-order valence-electron chi connectivity index (χ2n) is 5.79. The minimum Gasteiger partial charge on any atom is -0.249 e. The lowest BCUT2D eigenvalue weighted by Gasteiger charge is -2.31. The van der Waals surface area contributed by atoms with Crippen molar-refractivity contribution in [2.45, 2.75) is 37.6 Å². The first-order valence-electron chi connectivity index (χ1n) is 7.41. The van der Waals surface area contributed by atoms with Crippen molar-refractivity contribution in [2.75, 3.05) is 13.1 Å². The van der Waals surface area contributed by atoms with E-state index in [1.54, 1.807) is 16.6 Å². The Bertz CT molecular complexity index is 748. The molecule has 1 aliphatic heterocycles.